The third-order valence-corrected chi connectivity index (χ3v) is 6.28. The molecule has 6 heteroatoms. The highest BCUT2D eigenvalue weighted by Crippen LogP contribution is 2.29. The molecule has 0 aliphatic carbocycles. The minimum atomic E-state index is 0.0361. The number of hydrogen-bond acceptors (Lipinski definition) is 4. The van der Waals surface area contributed by atoms with E-state index in [0.29, 0.717) is 13.1 Å². The molecule has 0 spiro atoms. The fourth-order valence-corrected chi connectivity index (χ4v) is 4.57. The summed E-state index contributed by atoms with van der Waals surface area (Å²) in [5.41, 5.74) is 4.39. The van der Waals surface area contributed by atoms with Gasteiger partial charge in [0.2, 0.25) is 0 Å². The Balaban J connectivity index is 1.65. The van der Waals surface area contributed by atoms with Gasteiger partial charge in [-0.25, -0.2) is 0 Å². The summed E-state index contributed by atoms with van der Waals surface area (Å²) in [4.78, 5) is 21.3. The standard InChI is InChI=1S/C23H24N4OS/c1-4-17-7-9-18(10-8-17)14-27(15-19-6-5-11-24-13-19)22(28)21-12-20-16(2)25-26(3)23(20)29-21/h5-13H,4,14-15H2,1-3H3. The lowest BCUT2D eigenvalue weighted by molar-refractivity contribution is 0.0735. The van der Waals surface area contributed by atoms with Crippen LogP contribution in [0.1, 0.15) is 39.0 Å². The normalized spacial score (nSPS) is 11.1. The van der Waals surface area contributed by atoms with E-state index in [4.69, 9.17) is 0 Å². The summed E-state index contributed by atoms with van der Waals surface area (Å²) >= 11 is 1.50. The number of benzene rings is 1. The number of fused-ring (bicyclic) bond motifs is 1. The molecule has 3 heterocycles. The zero-order valence-corrected chi connectivity index (χ0v) is 17.7. The topological polar surface area (TPSA) is 51.0 Å². The van der Waals surface area contributed by atoms with Gasteiger partial charge in [-0.1, -0.05) is 37.3 Å². The summed E-state index contributed by atoms with van der Waals surface area (Å²) in [7, 11) is 1.92. The Morgan fingerprint density at radius 1 is 1.10 bits per heavy atom. The second kappa shape index (κ2) is 8.17. The van der Waals surface area contributed by atoms with Crippen LogP contribution in [-0.4, -0.2) is 25.6 Å². The van der Waals surface area contributed by atoms with Gasteiger partial charge in [-0.3, -0.25) is 14.5 Å². The van der Waals surface area contributed by atoms with E-state index in [9.17, 15) is 4.79 Å². The Hall–Kier alpha value is -2.99. The molecule has 0 N–H and O–H groups in total. The van der Waals surface area contributed by atoms with Gasteiger partial charge in [-0.05, 0) is 42.2 Å². The first-order valence-electron chi connectivity index (χ1n) is 9.74. The molecular formula is C23H24N4OS. The molecule has 148 valence electrons. The van der Waals surface area contributed by atoms with E-state index < -0.39 is 0 Å². The fraction of sp³-hybridized carbons (Fsp3) is 0.261. The summed E-state index contributed by atoms with van der Waals surface area (Å²) in [5, 5.41) is 5.49. The predicted octanol–water partition coefficient (Wildman–Crippen LogP) is 4.74. The Morgan fingerprint density at radius 3 is 2.48 bits per heavy atom. The average molecular weight is 405 g/mol. The minimum absolute atomic E-state index is 0.0361. The number of aromatic nitrogens is 3. The number of thiophene rings is 1. The van der Waals surface area contributed by atoms with Gasteiger partial charge < -0.3 is 4.90 Å². The van der Waals surface area contributed by atoms with Gasteiger partial charge in [0.15, 0.2) is 0 Å². The molecule has 0 radical (unpaired) electrons. The summed E-state index contributed by atoms with van der Waals surface area (Å²) in [6.45, 7) is 5.20. The molecule has 0 atom stereocenters. The van der Waals surface area contributed by atoms with Crippen LogP contribution in [0.15, 0.2) is 54.9 Å². The lowest BCUT2D eigenvalue weighted by atomic mass is 10.1. The second-order valence-electron chi connectivity index (χ2n) is 7.23. The molecule has 0 unspecified atom stereocenters. The van der Waals surface area contributed by atoms with Crippen molar-refractivity contribution in [2.24, 2.45) is 7.05 Å². The largest absolute Gasteiger partial charge is 0.329 e. The molecule has 0 saturated heterocycles. The Morgan fingerprint density at radius 2 is 1.83 bits per heavy atom. The monoisotopic (exact) mass is 404 g/mol. The van der Waals surface area contributed by atoms with Crippen molar-refractivity contribution in [1.29, 1.82) is 0 Å². The number of hydrogen-bond donors (Lipinski definition) is 0. The van der Waals surface area contributed by atoms with Crippen LogP contribution in [0, 0.1) is 6.92 Å². The minimum Gasteiger partial charge on any atom is -0.329 e. The second-order valence-corrected chi connectivity index (χ2v) is 8.26. The van der Waals surface area contributed by atoms with Crippen molar-refractivity contribution in [3.63, 3.8) is 0 Å². The van der Waals surface area contributed by atoms with E-state index in [0.717, 1.165) is 38.3 Å². The molecule has 4 rings (SSSR count). The van der Waals surface area contributed by atoms with Crippen molar-refractivity contribution in [1.82, 2.24) is 19.7 Å². The van der Waals surface area contributed by atoms with E-state index in [1.165, 1.54) is 16.9 Å². The number of amides is 1. The van der Waals surface area contributed by atoms with Crippen LogP contribution in [0.4, 0.5) is 0 Å². The van der Waals surface area contributed by atoms with Crippen molar-refractivity contribution in [3.8, 4) is 0 Å². The van der Waals surface area contributed by atoms with E-state index >= 15 is 0 Å². The smallest absolute Gasteiger partial charge is 0.264 e. The van der Waals surface area contributed by atoms with Crippen molar-refractivity contribution >= 4 is 27.5 Å². The maximum atomic E-state index is 13.5. The highest BCUT2D eigenvalue weighted by molar-refractivity contribution is 7.20. The van der Waals surface area contributed by atoms with Gasteiger partial charge >= 0.3 is 0 Å². The maximum absolute atomic E-state index is 13.5. The molecule has 1 amide bonds. The number of pyridine rings is 1. The first kappa shape index (κ1) is 19.3. The van der Waals surface area contributed by atoms with Crippen molar-refractivity contribution in [2.45, 2.75) is 33.4 Å². The molecule has 5 nitrogen and oxygen atoms in total. The van der Waals surface area contributed by atoms with Crippen molar-refractivity contribution in [2.75, 3.05) is 0 Å². The van der Waals surface area contributed by atoms with E-state index in [1.807, 2.05) is 47.9 Å². The molecule has 0 aliphatic heterocycles. The quantitative estimate of drug-likeness (QED) is 0.466. The molecule has 0 bridgehead atoms. The first-order valence-corrected chi connectivity index (χ1v) is 10.6. The van der Waals surface area contributed by atoms with E-state index in [2.05, 4.69) is 41.3 Å². The molecule has 1 aromatic carbocycles. The van der Waals surface area contributed by atoms with Crippen molar-refractivity contribution in [3.05, 3.63) is 82.1 Å². The van der Waals surface area contributed by atoms with Crippen LogP contribution in [-0.2, 0) is 26.6 Å². The molecular weight excluding hydrogens is 380 g/mol. The summed E-state index contributed by atoms with van der Waals surface area (Å²) < 4.78 is 1.85. The summed E-state index contributed by atoms with van der Waals surface area (Å²) in [5.74, 6) is 0.0361. The number of aryl methyl sites for hydroxylation is 3. The number of carbonyl (C=O) groups excluding carboxylic acids is 1. The third kappa shape index (κ3) is 4.07. The molecule has 3 aromatic heterocycles. The van der Waals surface area contributed by atoms with Gasteiger partial charge in [0.1, 0.15) is 4.83 Å². The zero-order chi connectivity index (χ0) is 20.4. The summed E-state index contributed by atoms with van der Waals surface area (Å²) in [6, 6.07) is 14.4. The third-order valence-electron chi connectivity index (χ3n) is 5.10. The Kier molecular flexibility index (Phi) is 5.45. The fourth-order valence-electron chi connectivity index (χ4n) is 3.48. The lowest BCUT2D eigenvalue weighted by Gasteiger charge is -2.22. The number of rotatable bonds is 6. The average Bonchev–Trinajstić information content (AvgIpc) is 3.29. The summed E-state index contributed by atoms with van der Waals surface area (Å²) in [6.07, 6.45) is 4.58. The number of nitrogens with zero attached hydrogens (tertiary/aromatic N) is 4. The van der Waals surface area contributed by atoms with Gasteiger partial charge in [0, 0.05) is 37.9 Å². The maximum Gasteiger partial charge on any atom is 0.264 e. The zero-order valence-electron chi connectivity index (χ0n) is 16.9. The number of carbonyl (C=O) groups is 1. The molecule has 0 fully saturated rings. The molecule has 0 saturated carbocycles. The first-order chi connectivity index (χ1) is 14.0. The van der Waals surface area contributed by atoms with Crippen LogP contribution in [0.2, 0.25) is 0 Å². The van der Waals surface area contributed by atoms with Crippen LogP contribution < -0.4 is 0 Å². The van der Waals surface area contributed by atoms with Gasteiger partial charge in [-0.15, -0.1) is 11.3 Å². The van der Waals surface area contributed by atoms with E-state index in [1.54, 1.807) is 6.20 Å². The Labute approximate surface area is 174 Å². The van der Waals surface area contributed by atoms with Crippen LogP contribution in [0.3, 0.4) is 0 Å². The highest BCUT2D eigenvalue weighted by atomic mass is 32.1. The van der Waals surface area contributed by atoms with Crippen LogP contribution in [0.25, 0.3) is 10.2 Å². The SMILES string of the molecule is CCc1ccc(CN(Cc2cccnc2)C(=O)c2cc3c(C)nn(C)c3s2)cc1. The Bertz CT molecular complexity index is 1090. The van der Waals surface area contributed by atoms with Crippen LogP contribution in [0.5, 0.6) is 0 Å². The molecule has 0 aliphatic rings. The molecule has 29 heavy (non-hydrogen) atoms. The van der Waals surface area contributed by atoms with Crippen molar-refractivity contribution < 1.29 is 4.79 Å². The van der Waals surface area contributed by atoms with Crippen LogP contribution >= 0.6 is 11.3 Å². The highest BCUT2D eigenvalue weighted by Gasteiger charge is 2.21. The lowest BCUT2D eigenvalue weighted by Crippen LogP contribution is -2.29. The van der Waals surface area contributed by atoms with Gasteiger partial charge in [-0.2, -0.15) is 5.10 Å². The predicted molar refractivity (Wildman–Crippen MR) is 117 cm³/mol. The van der Waals surface area contributed by atoms with E-state index in [-0.39, 0.29) is 5.91 Å². The van der Waals surface area contributed by atoms with Gasteiger partial charge in [0.05, 0.1) is 10.6 Å². The van der Waals surface area contributed by atoms with Gasteiger partial charge in [0.25, 0.3) is 5.91 Å². The molecule has 4 aromatic rings.